The maximum absolute atomic E-state index is 10.8. The molecule has 0 saturated carbocycles. The summed E-state index contributed by atoms with van der Waals surface area (Å²) in [6.07, 6.45) is 0. The van der Waals surface area contributed by atoms with Gasteiger partial charge in [0.25, 0.3) is 0 Å². The lowest BCUT2D eigenvalue weighted by atomic mass is 10.3. The maximum Gasteiger partial charge on any atom is 0.357 e. The minimum absolute atomic E-state index is 0.254. The molecular formula is C9H6N2O4S. The normalized spacial score (nSPS) is 10.2. The van der Waals surface area contributed by atoms with Gasteiger partial charge >= 0.3 is 11.9 Å². The number of thiophene rings is 1. The van der Waals surface area contributed by atoms with Crippen LogP contribution in [-0.2, 0) is 0 Å². The summed E-state index contributed by atoms with van der Waals surface area (Å²) < 4.78 is 0. The van der Waals surface area contributed by atoms with Crippen LogP contribution >= 0.6 is 11.3 Å². The Balaban J connectivity index is 2.55. The first-order chi connectivity index (χ1) is 7.59. The molecule has 2 aromatic rings. The third kappa shape index (κ3) is 1.68. The highest BCUT2D eigenvalue weighted by Crippen LogP contribution is 2.23. The molecule has 0 saturated heterocycles. The van der Waals surface area contributed by atoms with Crippen LogP contribution in [0.5, 0.6) is 0 Å². The zero-order chi connectivity index (χ0) is 11.7. The van der Waals surface area contributed by atoms with Crippen molar-refractivity contribution < 1.29 is 19.8 Å². The zero-order valence-electron chi connectivity index (χ0n) is 7.80. The van der Waals surface area contributed by atoms with Crippen LogP contribution in [0.4, 0.5) is 0 Å². The van der Waals surface area contributed by atoms with Crippen LogP contribution in [0.3, 0.4) is 0 Å². The number of rotatable bonds is 3. The summed E-state index contributed by atoms with van der Waals surface area (Å²) in [6, 6.07) is 3.49. The lowest BCUT2D eigenvalue weighted by molar-refractivity contribution is 0.0644. The van der Waals surface area contributed by atoms with E-state index in [-0.39, 0.29) is 5.82 Å². The fraction of sp³-hybridized carbons (Fsp3) is 0. The Morgan fingerprint density at radius 1 is 1.31 bits per heavy atom. The van der Waals surface area contributed by atoms with E-state index in [2.05, 4.69) is 9.97 Å². The van der Waals surface area contributed by atoms with Crippen LogP contribution in [0.1, 0.15) is 21.0 Å². The topological polar surface area (TPSA) is 103 Å². The maximum atomic E-state index is 10.8. The Labute approximate surface area is 93.2 Å². The highest BCUT2D eigenvalue weighted by Gasteiger charge is 2.22. The first kappa shape index (κ1) is 10.4. The van der Waals surface area contributed by atoms with Gasteiger partial charge in [0, 0.05) is 0 Å². The second-order valence-corrected chi connectivity index (χ2v) is 3.84. The van der Waals surface area contributed by atoms with Crippen molar-refractivity contribution in [3.63, 3.8) is 0 Å². The van der Waals surface area contributed by atoms with E-state index in [9.17, 15) is 9.59 Å². The van der Waals surface area contributed by atoms with Crippen molar-refractivity contribution in [3.8, 4) is 10.7 Å². The summed E-state index contributed by atoms with van der Waals surface area (Å²) in [4.78, 5) is 28.5. The summed E-state index contributed by atoms with van der Waals surface area (Å²) >= 11 is 1.34. The lowest BCUT2D eigenvalue weighted by Gasteiger charge is -1.88. The molecule has 0 radical (unpaired) electrons. The van der Waals surface area contributed by atoms with Gasteiger partial charge in [0.2, 0.25) is 0 Å². The number of hydrogen-bond acceptors (Lipinski definition) is 4. The highest BCUT2D eigenvalue weighted by atomic mass is 32.1. The number of H-pyrrole nitrogens is 1. The molecule has 2 aromatic heterocycles. The van der Waals surface area contributed by atoms with Crippen LogP contribution in [-0.4, -0.2) is 32.1 Å². The second-order valence-electron chi connectivity index (χ2n) is 2.90. The molecule has 0 spiro atoms. The molecule has 0 aliphatic rings. The molecule has 0 unspecified atom stereocenters. The predicted octanol–water partition coefficient (Wildman–Crippen LogP) is 1.53. The Morgan fingerprint density at radius 2 is 2.06 bits per heavy atom. The van der Waals surface area contributed by atoms with E-state index >= 15 is 0 Å². The molecule has 0 bridgehead atoms. The van der Waals surface area contributed by atoms with E-state index in [4.69, 9.17) is 10.2 Å². The van der Waals surface area contributed by atoms with Crippen LogP contribution in [0, 0.1) is 0 Å². The zero-order valence-corrected chi connectivity index (χ0v) is 8.61. The fourth-order valence-electron chi connectivity index (χ4n) is 1.21. The molecule has 0 aliphatic heterocycles. The number of carboxylic acids is 2. The van der Waals surface area contributed by atoms with Crippen molar-refractivity contribution in [2.75, 3.05) is 0 Å². The van der Waals surface area contributed by atoms with E-state index in [1.807, 2.05) is 0 Å². The number of aromatic carboxylic acids is 2. The average molecular weight is 238 g/mol. The van der Waals surface area contributed by atoms with Crippen molar-refractivity contribution in [3.05, 3.63) is 28.9 Å². The molecule has 3 N–H and O–H groups in total. The van der Waals surface area contributed by atoms with Crippen LogP contribution < -0.4 is 0 Å². The molecule has 16 heavy (non-hydrogen) atoms. The van der Waals surface area contributed by atoms with Crippen LogP contribution in [0.2, 0.25) is 0 Å². The largest absolute Gasteiger partial charge is 0.477 e. The molecule has 6 nitrogen and oxygen atoms in total. The minimum Gasteiger partial charge on any atom is -0.477 e. The van der Waals surface area contributed by atoms with Gasteiger partial charge in [0.1, 0.15) is 5.82 Å². The van der Waals surface area contributed by atoms with Gasteiger partial charge in [-0.25, -0.2) is 14.6 Å². The summed E-state index contributed by atoms with van der Waals surface area (Å²) in [6.45, 7) is 0. The molecule has 82 valence electrons. The Morgan fingerprint density at radius 3 is 2.50 bits per heavy atom. The van der Waals surface area contributed by atoms with E-state index in [1.165, 1.54) is 11.3 Å². The van der Waals surface area contributed by atoms with Crippen molar-refractivity contribution >= 4 is 23.3 Å². The molecule has 0 amide bonds. The number of aromatic amines is 1. The van der Waals surface area contributed by atoms with Crippen LogP contribution in [0.15, 0.2) is 17.5 Å². The third-order valence-corrected chi connectivity index (χ3v) is 2.75. The summed E-state index contributed by atoms with van der Waals surface area (Å²) in [5.41, 5.74) is -0.883. The van der Waals surface area contributed by atoms with E-state index < -0.39 is 23.3 Å². The number of imidazole rings is 1. The molecular weight excluding hydrogens is 232 g/mol. The van der Waals surface area contributed by atoms with Gasteiger partial charge in [-0.2, -0.15) is 0 Å². The number of carbonyl (C=O) groups is 2. The standard InChI is InChI=1S/C9H6N2O4S/c12-8(13)5-6(9(14)15)11-7(10-5)4-2-1-3-16-4/h1-3H,(H,10,11)(H,12,13)(H,14,15). The Kier molecular flexibility index (Phi) is 2.45. The molecule has 2 rings (SSSR count). The number of nitrogens with zero attached hydrogens (tertiary/aromatic N) is 1. The predicted molar refractivity (Wildman–Crippen MR) is 55.8 cm³/mol. The summed E-state index contributed by atoms with van der Waals surface area (Å²) in [5, 5.41) is 19.4. The number of aromatic nitrogens is 2. The van der Waals surface area contributed by atoms with E-state index in [0.29, 0.717) is 4.88 Å². The first-order valence-electron chi connectivity index (χ1n) is 4.20. The van der Waals surface area contributed by atoms with Crippen LogP contribution in [0.25, 0.3) is 10.7 Å². The van der Waals surface area contributed by atoms with Gasteiger partial charge < -0.3 is 15.2 Å². The Hall–Kier alpha value is -2.15. The smallest absolute Gasteiger partial charge is 0.357 e. The van der Waals surface area contributed by atoms with Crippen molar-refractivity contribution in [2.24, 2.45) is 0 Å². The number of carboxylic acid groups (broad SMARTS) is 2. The summed E-state index contributed by atoms with van der Waals surface area (Å²) in [7, 11) is 0. The van der Waals surface area contributed by atoms with Crippen molar-refractivity contribution in [1.82, 2.24) is 9.97 Å². The summed E-state index contributed by atoms with van der Waals surface area (Å²) in [5.74, 6) is -2.45. The van der Waals surface area contributed by atoms with Gasteiger partial charge in [0.15, 0.2) is 11.4 Å². The third-order valence-electron chi connectivity index (χ3n) is 1.87. The lowest BCUT2D eigenvalue weighted by Crippen LogP contribution is -2.07. The van der Waals surface area contributed by atoms with Gasteiger partial charge in [-0.15, -0.1) is 11.3 Å². The fourth-order valence-corrected chi connectivity index (χ4v) is 1.88. The molecule has 7 heteroatoms. The van der Waals surface area contributed by atoms with Crippen molar-refractivity contribution in [2.45, 2.75) is 0 Å². The van der Waals surface area contributed by atoms with Gasteiger partial charge in [0.05, 0.1) is 4.88 Å². The van der Waals surface area contributed by atoms with Gasteiger partial charge in [-0.1, -0.05) is 6.07 Å². The molecule has 0 aromatic carbocycles. The SMILES string of the molecule is O=C(O)c1nc(-c2cccs2)[nH]c1C(=O)O. The monoisotopic (exact) mass is 238 g/mol. The van der Waals surface area contributed by atoms with E-state index in [1.54, 1.807) is 17.5 Å². The molecule has 0 fully saturated rings. The van der Waals surface area contributed by atoms with Gasteiger partial charge in [-0.3, -0.25) is 0 Å². The quantitative estimate of drug-likeness (QED) is 0.752. The molecule has 0 atom stereocenters. The van der Waals surface area contributed by atoms with E-state index in [0.717, 1.165) is 0 Å². The second kappa shape index (κ2) is 3.78. The minimum atomic E-state index is -1.36. The first-order valence-corrected chi connectivity index (χ1v) is 5.08. The van der Waals surface area contributed by atoms with Crippen molar-refractivity contribution in [1.29, 1.82) is 0 Å². The number of hydrogen-bond donors (Lipinski definition) is 3. The van der Waals surface area contributed by atoms with Gasteiger partial charge in [-0.05, 0) is 11.4 Å². The highest BCUT2D eigenvalue weighted by molar-refractivity contribution is 7.13. The number of nitrogens with one attached hydrogen (secondary N) is 1. The average Bonchev–Trinajstić information content (AvgIpc) is 2.86. The molecule has 0 aliphatic carbocycles. The molecule has 2 heterocycles. The Bertz CT molecular complexity index is 512.